The first-order valence-electron chi connectivity index (χ1n) is 15.6. The molecule has 3 aromatic rings. The van der Waals surface area contributed by atoms with Gasteiger partial charge in [-0.2, -0.15) is 0 Å². The number of esters is 1. The van der Waals surface area contributed by atoms with E-state index < -0.39 is 0 Å². The van der Waals surface area contributed by atoms with Gasteiger partial charge >= 0.3 is 5.97 Å². The second kappa shape index (κ2) is 16.3. The van der Waals surface area contributed by atoms with Crippen molar-refractivity contribution >= 4 is 11.8 Å². The van der Waals surface area contributed by atoms with Crippen molar-refractivity contribution in [3.63, 3.8) is 0 Å². The monoisotopic (exact) mass is 581 g/mol. The molecule has 1 saturated heterocycles. The molecule has 0 bridgehead atoms. The van der Waals surface area contributed by atoms with Crippen LogP contribution in [0.4, 0.5) is 0 Å². The Morgan fingerprint density at radius 2 is 1.56 bits per heavy atom. The molecular weight excluding hydrogens is 538 g/mol. The van der Waals surface area contributed by atoms with Gasteiger partial charge in [0.15, 0.2) is 5.78 Å². The van der Waals surface area contributed by atoms with Crippen LogP contribution in [-0.4, -0.2) is 61.7 Å². The number of ether oxygens (including phenoxy) is 3. The van der Waals surface area contributed by atoms with Gasteiger partial charge in [-0.3, -0.25) is 14.5 Å². The van der Waals surface area contributed by atoms with Crippen LogP contribution in [0.3, 0.4) is 0 Å². The van der Waals surface area contributed by atoms with E-state index >= 15 is 0 Å². The van der Waals surface area contributed by atoms with E-state index in [1.807, 2.05) is 48.5 Å². The van der Waals surface area contributed by atoms with E-state index in [0.29, 0.717) is 39.3 Å². The van der Waals surface area contributed by atoms with Crippen molar-refractivity contribution in [2.24, 2.45) is 5.92 Å². The SMILES string of the molecule is O=C(CCCC=CCC1C(OCc2ccc(-c3ccccc3)cc2)CC(=O)C1N1CCOCC1)OCCc1ccccc1. The molecule has 0 N–H and O–H groups in total. The van der Waals surface area contributed by atoms with E-state index in [1.54, 1.807) is 0 Å². The zero-order chi connectivity index (χ0) is 29.7. The Bertz CT molecular complexity index is 1300. The van der Waals surface area contributed by atoms with E-state index in [9.17, 15) is 9.59 Å². The molecule has 3 atom stereocenters. The van der Waals surface area contributed by atoms with Crippen LogP contribution >= 0.6 is 0 Å². The molecule has 2 fully saturated rings. The molecule has 3 unspecified atom stereocenters. The molecule has 2 aliphatic rings. The summed E-state index contributed by atoms with van der Waals surface area (Å²) in [6, 6.07) is 28.7. The number of hydrogen-bond acceptors (Lipinski definition) is 6. The predicted molar refractivity (Wildman–Crippen MR) is 168 cm³/mol. The third kappa shape index (κ3) is 9.20. The van der Waals surface area contributed by atoms with Crippen molar-refractivity contribution in [3.8, 4) is 11.1 Å². The number of rotatable bonds is 14. The first kappa shape index (κ1) is 30.9. The van der Waals surface area contributed by atoms with Gasteiger partial charge in [0.2, 0.25) is 0 Å². The van der Waals surface area contributed by atoms with Gasteiger partial charge in [-0.1, -0.05) is 97.1 Å². The molecule has 1 heterocycles. The topological polar surface area (TPSA) is 65.1 Å². The number of hydrogen-bond donors (Lipinski definition) is 0. The third-order valence-corrected chi connectivity index (χ3v) is 8.40. The molecule has 0 radical (unpaired) electrons. The van der Waals surface area contributed by atoms with Crippen LogP contribution in [0.25, 0.3) is 11.1 Å². The van der Waals surface area contributed by atoms with Crippen LogP contribution in [0.15, 0.2) is 97.1 Å². The van der Waals surface area contributed by atoms with Gasteiger partial charge < -0.3 is 14.2 Å². The highest BCUT2D eigenvalue weighted by atomic mass is 16.5. The Morgan fingerprint density at radius 3 is 2.30 bits per heavy atom. The lowest BCUT2D eigenvalue weighted by atomic mass is 9.95. The lowest BCUT2D eigenvalue weighted by Crippen LogP contribution is -2.49. The zero-order valence-corrected chi connectivity index (χ0v) is 24.9. The average Bonchev–Trinajstić information content (AvgIpc) is 3.37. The fraction of sp³-hybridized carbons (Fsp3) is 0.405. The van der Waals surface area contributed by atoms with Gasteiger partial charge in [-0.05, 0) is 41.5 Å². The van der Waals surface area contributed by atoms with Crippen LogP contribution in [0, 0.1) is 5.92 Å². The summed E-state index contributed by atoms with van der Waals surface area (Å²) in [5.74, 6) is 0.208. The summed E-state index contributed by atoms with van der Waals surface area (Å²) < 4.78 is 17.4. The second-order valence-electron chi connectivity index (χ2n) is 11.4. The van der Waals surface area contributed by atoms with Crippen LogP contribution in [0.2, 0.25) is 0 Å². The van der Waals surface area contributed by atoms with Gasteiger partial charge in [0, 0.05) is 38.3 Å². The second-order valence-corrected chi connectivity index (χ2v) is 11.4. The van der Waals surface area contributed by atoms with Crippen molar-refractivity contribution in [1.82, 2.24) is 4.90 Å². The molecule has 5 rings (SSSR count). The Balaban J connectivity index is 1.10. The van der Waals surface area contributed by atoms with E-state index in [2.05, 4.69) is 53.5 Å². The Hall–Kier alpha value is -3.58. The van der Waals surface area contributed by atoms with Crippen molar-refractivity contribution in [2.75, 3.05) is 32.9 Å². The standard InChI is InChI=1S/C37H43NO5/c39-34-27-35(43-28-30-17-19-32(20-18-30)31-13-7-4-8-14-31)33(37(34)38-22-25-41-26-23-38)15-9-1-2-10-16-36(40)42-24-21-29-11-5-3-6-12-29/h1,3-9,11-14,17-20,33,35,37H,2,10,15-16,21-28H2. The number of unbranched alkanes of at least 4 members (excludes halogenated alkanes) is 1. The lowest BCUT2D eigenvalue weighted by molar-refractivity contribution is -0.143. The average molecular weight is 582 g/mol. The Morgan fingerprint density at radius 1 is 0.860 bits per heavy atom. The van der Waals surface area contributed by atoms with Crippen LogP contribution in [0.1, 0.15) is 43.2 Å². The summed E-state index contributed by atoms with van der Waals surface area (Å²) >= 11 is 0. The van der Waals surface area contributed by atoms with Crippen molar-refractivity contribution in [1.29, 1.82) is 0 Å². The number of allylic oxidation sites excluding steroid dienone is 2. The highest BCUT2D eigenvalue weighted by Gasteiger charge is 2.45. The van der Waals surface area contributed by atoms with Gasteiger partial charge in [-0.25, -0.2) is 0 Å². The summed E-state index contributed by atoms with van der Waals surface area (Å²) in [6.45, 7) is 3.76. The molecule has 0 spiro atoms. The molecule has 43 heavy (non-hydrogen) atoms. The minimum atomic E-state index is -0.150. The maximum atomic E-state index is 13.3. The van der Waals surface area contributed by atoms with E-state index in [-0.39, 0.29) is 29.8 Å². The minimum Gasteiger partial charge on any atom is -0.465 e. The molecular formula is C37H43NO5. The fourth-order valence-corrected chi connectivity index (χ4v) is 6.07. The first-order chi connectivity index (χ1) is 21.2. The number of ketones is 1. The van der Waals surface area contributed by atoms with Crippen molar-refractivity contribution in [2.45, 2.75) is 57.3 Å². The number of carbonyl (C=O) groups is 2. The summed E-state index contributed by atoms with van der Waals surface area (Å²) in [5, 5.41) is 0. The quantitative estimate of drug-likeness (QED) is 0.124. The first-order valence-corrected chi connectivity index (χ1v) is 15.6. The fourth-order valence-electron chi connectivity index (χ4n) is 6.07. The molecule has 226 valence electrons. The van der Waals surface area contributed by atoms with E-state index in [1.165, 1.54) is 16.7 Å². The van der Waals surface area contributed by atoms with Crippen LogP contribution < -0.4 is 0 Å². The molecule has 6 heteroatoms. The molecule has 0 aromatic heterocycles. The molecule has 1 aliphatic carbocycles. The maximum absolute atomic E-state index is 13.3. The normalized spacial score (nSPS) is 20.9. The van der Waals surface area contributed by atoms with Gasteiger partial charge in [-0.15, -0.1) is 0 Å². The van der Waals surface area contributed by atoms with Crippen molar-refractivity contribution < 1.29 is 23.8 Å². The Labute approximate surface area is 255 Å². The largest absolute Gasteiger partial charge is 0.465 e. The van der Waals surface area contributed by atoms with E-state index in [4.69, 9.17) is 14.2 Å². The van der Waals surface area contributed by atoms with Crippen LogP contribution in [-0.2, 0) is 36.8 Å². The smallest absolute Gasteiger partial charge is 0.305 e. The molecule has 1 aliphatic heterocycles. The summed E-state index contributed by atoms with van der Waals surface area (Å²) in [6.07, 6.45) is 8.08. The highest BCUT2D eigenvalue weighted by molar-refractivity contribution is 5.87. The van der Waals surface area contributed by atoms with Gasteiger partial charge in [0.1, 0.15) is 0 Å². The van der Waals surface area contributed by atoms with Crippen molar-refractivity contribution in [3.05, 3.63) is 108 Å². The number of nitrogens with zero attached hydrogens (tertiary/aromatic N) is 1. The van der Waals surface area contributed by atoms with Crippen LogP contribution in [0.5, 0.6) is 0 Å². The summed E-state index contributed by atoms with van der Waals surface area (Å²) in [5.41, 5.74) is 4.64. The molecule has 6 nitrogen and oxygen atoms in total. The Kier molecular flexibility index (Phi) is 11.7. The number of Topliss-reactive ketones (excluding diaryl/α,β-unsaturated/α-hetero) is 1. The van der Waals surface area contributed by atoms with E-state index in [0.717, 1.165) is 44.3 Å². The number of morpholine rings is 1. The number of carbonyl (C=O) groups excluding carboxylic acids is 2. The highest BCUT2D eigenvalue weighted by Crippen LogP contribution is 2.34. The predicted octanol–water partition coefficient (Wildman–Crippen LogP) is 6.43. The third-order valence-electron chi connectivity index (χ3n) is 8.40. The number of benzene rings is 3. The molecule has 3 aromatic carbocycles. The maximum Gasteiger partial charge on any atom is 0.305 e. The lowest BCUT2D eigenvalue weighted by Gasteiger charge is -2.35. The summed E-state index contributed by atoms with van der Waals surface area (Å²) in [4.78, 5) is 27.7. The van der Waals surface area contributed by atoms with Gasteiger partial charge in [0.25, 0.3) is 0 Å². The molecule has 0 amide bonds. The minimum absolute atomic E-state index is 0.0911. The zero-order valence-electron chi connectivity index (χ0n) is 24.9. The van der Waals surface area contributed by atoms with Gasteiger partial charge in [0.05, 0.1) is 38.6 Å². The molecule has 1 saturated carbocycles. The summed E-state index contributed by atoms with van der Waals surface area (Å²) in [7, 11) is 0.